The standard InChI is InChI=1S/C22H32O3Si/c1-18-16-21(8-6-7-15-26(3,4)5)25-22(18)13-14-24-17-19-9-11-20(23-2)12-10-19/h6,8-12,18,21-22H,13-14,16-17H2,1-5H3/b8-6-/t18-,21+,22+/m1/s1. The lowest BCUT2D eigenvalue weighted by atomic mass is 10.00. The van der Waals surface area contributed by atoms with E-state index in [2.05, 4.69) is 44.1 Å². The molecule has 1 aromatic rings. The van der Waals surface area contributed by atoms with Crippen molar-refractivity contribution < 1.29 is 14.2 Å². The zero-order valence-electron chi connectivity index (χ0n) is 16.7. The van der Waals surface area contributed by atoms with Gasteiger partial charge in [0, 0.05) is 6.61 Å². The molecular formula is C22H32O3Si. The minimum absolute atomic E-state index is 0.188. The SMILES string of the molecule is COc1ccc(COCC[C@@H]2O[C@@H](/C=C\C#C[Si](C)(C)C)C[C@H]2C)cc1. The number of ether oxygens (including phenoxy) is 3. The first kappa shape index (κ1) is 20.8. The Balaban J connectivity index is 1.69. The first-order valence-electron chi connectivity index (χ1n) is 9.43. The van der Waals surface area contributed by atoms with Crippen LogP contribution in [0.15, 0.2) is 36.4 Å². The molecule has 0 amide bonds. The lowest BCUT2D eigenvalue weighted by Gasteiger charge is -2.15. The molecule has 0 N–H and O–H groups in total. The van der Waals surface area contributed by atoms with E-state index in [1.165, 1.54) is 0 Å². The smallest absolute Gasteiger partial charge is 0.129 e. The summed E-state index contributed by atoms with van der Waals surface area (Å²) in [5, 5.41) is 0. The number of hydrogen-bond donors (Lipinski definition) is 0. The van der Waals surface area contributed by atoms with Gasteiger partial charge in [-0.15, -0.1) is 5.54 Å². The molecule has 142 valence electrons. The molecule has 1 aromatic carbocycles. The molecule has 0 bridgehead atoms. The monoisotopic (exact) mass is 372 g/mol. The van der Waals surface area contributed by atoms with E-state index in [0.29, 0.717) is 19.1 Å². The van der Waals surface area contributed by atoms with Crippen molar-refractivity contribution in [3.05, 3.63) is 42.0 Å². The van der Waals surface area contributed by atoms with Crippen molar-refractivity contribution >= 4 is 8.07 Å². The third-order valence-electron chi connectivity index (χ3n) is 4.40. The van der Waals surface area contributed by atoms with Crippen molar-refractivity contribution in [2.45, 2.75) is 58.2 Å². The second kappa shape index (κ2) is 9.96. The van der Waals surface area contributed by atoms with Gasteiger partial charge in [0.1, 0.15) is 13.8 Å². The minimum atomic E-state index is -1.29. The summed E-state index contributed by atoms with van der Waals surface area (Å²) in [6, 6.07) is 8.00. The van der Waals surface area contributed by atoms with Gasteiger partial charge in [-0.2, -0.15) is 0 Å². The van der Waals surface area contributed by atoms with Crippen molar-refractivity contribution in [1.29, 1.82) is 0 Å². The van der Waals surface area contributed by atoms with E-state index in [1.807, 2.05) is 30.3 Å². The van der Waals surface area contributed by atoms with Crippen LogP contribution in [0.5, 0.6) is 5.75 Å². The number of methoxy groups -OCH3 is 1. The first-order valence-corrected chi connectivity index (χ1v) is 12.9. The van der Waals surface area contributed by atoms with Gasteiger partial charge < -0.3 is 14.2 Å². The molecule has 26 heavy (non-hydrogen) atoms. The van der Waals surface area contributed by atoms with Crippen LogP contribution in [0.25, 0.3) is 0 Å². The average molecular weight is 373 g/mol. The molecule has 1 saturated heterocycles. The fourth-order valence-electron chi connectivity index (χ4n) is 2.93. The van der Waals surface area contributed by atoms with Crippen LogP contribution in [-0.4, -0.2) is 34.0 Å². The van der Waals surface area contributed by atoms with Crippen LogP contribution in [0.1, 0.15) is 25.3 Å². The Morgan fingerprint density at radius 2 is 1.96 bits per heavy atom. The normalized spacial score (nSPS) is 23.0. The van der Waals surface area contributed by atoms with Crippen LogP contribution >= 0.6 is 0 Å². The zero-order valence-corrected chi connectivity index (χ0v) is 17.7. The third kappa shape index (κ3) is 7.37. The number of benzene rings is 1. The molecule has 0 radical (unpaired) electrons. The highest BCUT2D eigenvalue weighted by Gasteiger charge is 2.30. The van der Waals surface area contributed by atoms with Crippen LogP contribution in [0.3, 0.4) is 0 Å². The van der Waals surface area contributed by atoms with Crippen molar-refractivity contribution in [1.82, 2.24) is 0 Å². The summed E-state index contributed by atoms with van der Waals surface area (Å²) >= 11 is 0. The fourth-order valence-corrected chi connectivity index (χ4v) is 3.45. The molecule has 0 aliphatic carbocycles. The lowest BCUT2D eigenvalue weighted by molar-refractivity contribution is 0.0227. The molecule has 0 aromatic heterocycles. The van der Waals surface area contributed by atoms with Crippen molar-refractivity contribution in [3.63, 3.8) is 0 Å². The summed E-state index contributed by atoms with van der Waals surface area (Å²) in [6.45, 7) is 10.4. The quantitative estimate of drug-likeness (QED) is 0.390. The number of allylic oxidation sites excluding steroid dienone is 1. The molecule has 1 heterocycles. The Labute approximate surface area is 159 Å². The van der Waals surface area contributed by atoms with Gasteiger partial charge in [-0.05, 0) is 48.6 Å². The molecule has 0 saturated carbocycles. The van der Waals surface area contributed by atoms with Gasteiger partial charge in [0.2, 0.25) is 0 Å². The molecule has 3 atom stereocenters. The van der Waals surface area contributed by atoms with Gasteiger partial charge in [0.05, 0.1) is 25.9 Å². The summed E-state index contributed by atoms with van der Waals surface area (Å²) in [4.78, 5) is 0. The maximum atomic E-state index is 6.15. The second-order valence-electron chi connectivity index (χ2n) is 7.99. The first-order chi connectivity index (χ1) is 12.4. The Morgan fingerprint density at radius 3 is 2.62 bits per heavy atom. The average Bonchev–Trinajstić information content (AvgIpc) is 2.95. The van der Waals surface area contributed by atoms with E-state index in [-0.39, 0.29) is 12.2 Å². The van der Waals surface area contributed by atoms with Crippen molar-refractivity contribution in [2.24, 2.45) is 5.92 Å². The van der Waals surface area contributed by atoms with Gasteiger partial charge in [0.15, 0.2) is 0 Å². The van der Waals surface area contributed by atoms with Gasteiger partial charge in [-0.25, -0.2) is 0 Å². The Morgan fingerprint density at radius 1 is 1.23 bits per heavy atom. The highest BCUT2D eigenvalue weighted by Crippen LogP contribution is 2.29. The van der Waals surface area contributed by atoms with E-state index in [4.69, 9.17) is 14.2 Å². The molecule has 1 aliphatic rings. The van der Waals surface area contributed by atoms with Crippen LogP contribution < -0.4 is 4.74 Å². The van der Waals surface area contributed by atoms with Crippen LogP contribution in [0.2, 0.25) is 19.6 Å². The Hall–Kier alpha value is -1.54. The van der Waals surface area contributed by atoms with Crippen LogP contribution in [0, 0.1) is 17.4 Å². The maximum Gasteiger partial charge on any atom is 0.129 e. The Bertz CT molecular complexity index is 634. The number of rotatable bonds is 7. The zero-order chi connectivity index (χ0) is 19.0. The van der Waals surface area contributed by atoms with Crippen LogP contribution in [-0.2, 0) is 16.1 Å². The van der Waals surface area contributed by atoms with Gasteiger partial charge >= 0.3 is 0 Å². The topological polar surface area (TPSA) is 27.7 Å². The molecule has 1 aliphatic heterocycles. The van der Waals surface area contributed by atoms with E-state index >= 15 is 0 Å². The molecule has 1 fully saturated rings. The Kier molecular flexibility index (Phi) is 7.96. The second-order valence-corrected chi connectivity index (χ2v) is 12.7. The highest BCUT2D eigenvalue weighted by molar-refractivity contribution is 6.83. The van der Waals surface area contributed by atoms with Crippen molar-refractivity contribution in [2.75, 3.05) is 13.7 Å². The molecule has 0 unspecified atom stereocenters. The summed E-state index contributed by atoms with van der Waals surface area (Å²) in [6.07, 6.45) is 6.54. The highest BCUT2D eigenvalue weighted by atomic mass is 28.3. The van der Waals surface area contributed by atoms with Crippen molar-refractivity contribution in [3.8, 4) is 17.2 Å². The predicted octanol–water partition coefficient (Wildman–Crippen LogP) is 4.83. The third-order valence-corrected chi connectivity index (χ3v) is 5.30. The molecule has 2 rings (SSSR count). The summed E-state index contributed by atoms with van der Waals surface area (Å²) < 4.78 is 17.1. The van der Waals surface area contributed by atoms with E-state index in [0.717, 1.165) is 24.2 Å². The molecule has 4 heteroatoms. The van der Waals surface area contributed by atoms with Crippen LogP contribution in [0.4, 0.5) is 0 Å². The summed E-state index contributed by atoms with van der Waals surface area (Å²) in [7, 11) is 0.383. The molecular weight excluding hydrogens is 340 g/mol. The van der Waals surface area contributed by atoms with Gasteiger partial charge in [-0.1, -0.05) is 44.6 Å². The molecule has 0 spiro atoms. The molecule has 3 nitrogen and oxygen atoms in total. The summed E-state index contributed by atoms with van der Waals surface area (Å²) in [5.74, 6) is 4.60. The van der Waals surface area contributed by atoms with Gasteiger partial charge in [-0.3, -0.25) is 0 Å². The minimum Gasteiger partial charge on any atom is -0.497 e. The summed E-state index contributed by atoms with van der Waals surface area (Å²) in [5.41, 5.74) is 4.51. The maximum absolute atomic E-state index is 6.15. The largest absolute Gasteiger partial charge is 0.497 e. The van der Waals surface area contributed by atoms with Gasteiger partial charge in [0.25, 0.3) is 0 Å². The fraction of sp³-hybridized carbons (Fsp3) is 0.545. The predicted molar refractivity (Wildman–Crippen MR) is 110 cm³/mol. The van der Waals surface area contributed by atoms with E-state index in [1.54, 1.807) is 7.11 Å². The lowest BCUT2D eigenvalue weighted by Crippen LogP contribution is -2.16. The van der Waals surface area contributed by atoms with E-state index in [9.17, 15) is 0 Å². The number of hydrogen-bond acceptors (Lipinski definition) is 3. The van der Waals surface area contributed by atoms with E-state index < -0.39 is 8.07 Å².